The summed E-state index contributed by atoms with van der Waals surface area (Å²) in [5.41, 5.74) is 0.684. The Balaban J connectivity index is 1.99. The molecule has 0 aliphatic heterocycles. The molecule has 1 unspecified atom stereocenters. The van der Waals surface area contributed by atoms with E-state index in [1.807, 2.05) is 19.1 Å². The highest BCUT2D eigenvalue weighted by Crippen LogP contribution is 2.27. The Bertz CT molecular complexity index is 1170. The molecular formula is C24H23BrF2N2O3. The summed E-state index contributed by atoms with van der Waals surface area (Å²) in [6, 6.07) is 9.27. The summed E-state index contributed by atoms with van der Waals surface area (Å²) in [7, 11) is 0. The number of halogens is 3. The SMILES string of the molecule is Cc1ccc2c(CC(NC(=O)c3c(F)cccc3F)C(=O)OC(C)(C)C)ccc(Br)c2n1. The van der Waals surface area contributed by atoms with Crippen molar-refractivity contribution in [1.82, 2.24) is 10.3 Å². The molecule has 1 heterocycles. The molecule has 1 atom stereocenters. The number of fused-ring (bicyclic) bond motifs is 1. The van der Waals surface area contributed by atoms with E-state index in [0.717, 1.165) is 39.3 Å². The third-order valence-corrected chi connectivity index (χ3v) is 5.29. The van der Waals surface area contributed by atoms with Gasteiger partial charge in [-0.2, -0.15) is 0 Å². The van der Waals surface area contributed by atoms with Gasteiger partial charge in [0.25, 0.3) is 5.91 Å². The van der Waals surface area contributed by atoms with E-state index >= 15 is 0 Å². The quantitative estimate of drug-likeness (QED) is 0.480. The molecule has 2 aromatic carbocycles. The first-order valence-corrected chi connectivity index (χ1v) is 10.8. The largest absolute Gasteiger partial charge is 0.458 e. The molecule has 0 aliphatic carbocycles. The Morgan fingerprint density at radius 1 is 1.09 bits per heavy atom. The van der Waals surface area contributed by atoms with Gasteiger partial charge in [0.15, 0.2) is 0 Å². The van der Waals surface area contributed by atoms with Gasteiger partial charge in [0.1, 0.15) is 28.8 Å². The van der Waals surface area contributed by atoms with Crippen LogP contribution in [0.25, 0.3) is 10.9 Å². The molecule has 1 N–H and O–H groups in total. The van der Waals surface area contributed by atoms with Gasteiger partial charge in [-0.1, -0.05) is 18.2 Å². The average Bonchev–Trinajstić information content (AvgIpc) is 2.68. The lowest BCUT2D eigenvalue weighted by Crippen LogP contribution is -2.46. The molecule has 0 aliphatic rings. The summed E-state index contributed by atoms with van der Waals surface area (Å²) in [6.07, 6.45) is 0.0469. The third kappa shape index (κ3) is 5.48. The fourth-order valence-corrected chi connectivity index (χ4v) is 3.68. The number of nitrogens with one attached hydrogen (secondary N) is 1. The number of ether oxygens (including phenoxy) is 1. The minimum absolute atomic E-state index is 0.0469. The summed E-state index contributed by atoms with van der Waals surface area (Å²) in [4.78, 5) is 30.1. The molecule has 0 fully saturated rings. The number of nitrogens with zero attached hydrogens (tertiary/aromatic N) is 1. The van der Waals surface area contributed by atoms with E-state index in [4.69, 9.17) is 4.74 Å². The van der Waals surface area contributed by atoms with Crippen molar-refractivity contribution in [3.63, 3.8) is 0 Å². The van der Waals surface area contributed by atoms with Crippen molar-refractivity contribution in [3.8, 4) is 0 Å². The van der Waals surface area contributed by atoms with Crippen molar-refractivity contribution < 1.29 is 23.1 Å². The van der Waals surface area contributed by atoms with Gasteiger partial charge in [0.2, 0.25) is 0 Å². The highest BCUT2D eigenvalue weighted by molar-refractivity contribution is 9.10. The molecule has 0 bridgehead atoms. The van der Waals surface area contributed by atoms with Crippen LogP contribution in [0.5, 0.6) is 0 Å². The lowest BCUT2D eigenvalue weighted by atomic mass is 10.00. The van der Waals surface area contributed by atoms with Crippen LogP contribution in [-0.2, 0) is 16.0 Å². The van der Waals surface area contributed by atoms with Crippen LogP contribution < -0.4 is 5.32 Å². The van der Waals surface area contributed by atoms with E-state index in [9.17, 15) is 18.4 Å². The summed E-state index contributed by atoms with van der Waals surface area (Å²) < 4.78 is 34.5. The van der Waals surface area contributed by atoms with E-state index in [2.05, 4.69) is 26.2 Å². The second-order valence-corrected chi connectivity index (χ2v) is 9.27. The summed E-state index contributed by atoms with van der Waals surface area (Å²) >= 11 is 3.48. The van der Waals surface area contributed by atoms with Gasteiger partial charge in [-0.15, -0.1) is 0 Å². The number of hydrogen-bond donors (Lipinski definition) is 1. The fraction of sp³-hybridized carbons (Fsp3) is 0.292. The summed E-state index contributed by atoms with van der Waals surface area (Å²) in [5, 5.41) is 3.23. The predicted molar refractivity (Wildman–Crippen MR) is 121 cm³/mol. The Morgan fingerprint density at radius 2 is 1.75 bits per heavy atom. The molecule has 3 rings (SSSR count). The van der Waals surface area contributed by atoms with Gasteiger partial charge in [-0.25, -0.2) is 13.6 Å². The monoisotopic (exact) mass is 504 g/mol. The Morgan fingerprint density at radius 3 is 2.38 bits per heavy atom. The second-order valence-electron chi connectivity index (χ2n) is 8.42. The molecular weight excluding hydrogens is 482 g/mol. The Hall–Kier alpha value is -2.87. The van der Waals surface area contributed by atoms with Crippen LogP contribution in [0.1, 0.15) is 42.4 Å². The number of esters is 1. The fourth-order valence-electron chi connectivity index (χ4n) is 3.25. The zero-order chi connectivity index (χ0) is 23.6. The normalized spacial score (nSPS) is 12.5. The lowest BCUT2D eigenvalue weighted by molar-refractivity contribution is -0.157. The van der Waals surface area contributed by atoms with Crippen LogP contribution in [0.2, 0.25) is 0 Å². The number of rotatable bonds is 5. The van der Waals surface area contributed by atoms with Gasteiger partial charge in [-0.05, 0) is 73.5 Å². The highest BCUT2D eigenvalue weighted by Gasteiger charge is 2.29. The van der Waals surface area contributed by atoms with Crippen LogP contribution >= 0.6 is 15.9 Å². The van der Waals surface area contributed by atoms with E-state index in [-0.39, 0.29) is 6.42 Å². The van der Waals surface area contributed by atoms with E-state index in [1.54, 1.807) is 32.9 Å². The number of aryl methyl sites for hydroxylation is 1. The van der Waals surface area contributed by atoms with Crippen LogP contribution in [0.3, 0.4) is 0 Å². The molecule has 32 heavy (non-hydrogen) atoms. The molecule has 1 aromatic heterocycles. The minimum atomic E-state index is -1.17. The van der Waals surface area contributed by atoms with Crippen LogP contribution in [0, 0.1) is 18.6 Å². The topological polar surface area (TPSA) is 68.3 Å². The maximum atomic E-state index is 14.1. The number of amides is 1. The molecule has 0 saturated carbocycles. The number of carbonyl (C=O) groups is 2. The Labute approximate surface area is 193 Å². The van der Waals surface area contributed by atoms with Crippen LogP contribution in [0.4, 0.5) is 8.78 Å². The first-order chi connectivity index (χ1) is 15.0. The first-order valence-electron chi connectivity index (χ1n) is 9.99. The lowest BCUT2D eigenvalue weighted by Gasteiger charge is -2.25. The maximum Gasteiger partial charge on any atom is 0.329 e. The van der Waals surface area contributed by atoms with Gasteiger partial charge in [0, 0.05) is 22.0 Å². The highest BCUT2D eigenvalue weighted by atomic mass is 79.9. The van der Waals surface area contributed by atoms with Crippen LogP contribution in [0.15, 0.2) is 46.9 Å². The minimum Gasteiger partial charge on any atom is -0.458 e. The first kappa shape index (κ1) is 23.8. The van der Waals surface area contributed by atoms with Gasteiger partial charge < -0.3 is 10.1 Å². The average molecular weight is 505 g/mol. The molecule has 8 heteroatoms. The van der Waals surface area contributed by atoms with E-state index in [0.29, 0.717) is 5.52 Å². The summed E-state index contributed by atoms with van der Waals surface area (Å²) in [5.74, 6) is -3.77. The molecule has 1 amide bonds. The van der Waals surface area contributed by atoms with E-state index < -0.39 is 40.7 Å². The number of benzene rings is 2. The zero-order valence-electron chi connectivity index (χ0n) is 18.1. The van der Waals surface area contributed by atoms with Gasteiger partial charge in [-0.3, -0.25) is 9.78 Å². The van der Waals surface area contributed by atoms with Crippen molar-refractivity contribution in [1.29, 1.82) is 0 Å². The molecule has 0 radical (unpaired) electrons. The van der Waals surface area contributed by atoms with Crippen molar-refractivity contribution in [2.75, 3.05) is 0 Å². The number of hydrogen-bond acceptors (Lipinski definition) is 4. The zero-order valence-corrected chi connectivity index (χ0v) is 19.7. The molecule has 0 saturated heterocycles. The smallest absolute Gasteiger partial charge is 0.329 e. The second kappa shape index (κ2) is 9.32. The predicted octanol–water partition coefficient (Wildman–Crippen LogP) is 5.27. The van der Waals surface area contributed by atoms with Crippen molar-refractivity contribution in [2.24, 2.45) is 0 Å². The van der Waals surface area contributed by atoms with Gasteiger partial charge >= 0.3 is 5.97 Å². The third-order valence-electron chi connectivity index (χ3n) is 4.65. The molecule has 3 aromatic rings. The number of pyridine rings is 1. The van der Waals surface area contributed by atoms with Crippen LogP contribution in [-0.4, -0.2) is 28.5 Å². The molecule has 168 valence electrons. The Kier molecular flexibility index (Phi) is 6.93. The van der Waals surface area contributed by atoms with Crippen molar-refractivity contribution >= 4 is 38.7 Å². The van der Waals surface area contributed by atoms with E-state index in [1.165, 1.54) is 0 Å². The standard InChI is InChI=1S/C24H23BrF2N2O3/c1-13-8-10-15-14(9-11-16(25)21(15)28-13)12-19(23(31)32-24(2,3)4)29-22(30)20-17(26)6-5-7-18(20)27/h5-11,19H,12H2,1-4H3,(H,29,30). The van der Waals surface area contributed by atoms with Crippen molar-refractivity contribution in [3.05, 3.63) is 75.4 Å². The number of carbonyl (C=O) groups excluding carboxylic acids is 2. The summed E-state index contributed by atoms with van der Waals surface area (Å²) in [6.45, 7) is 6.96. The number of aromatic nitrogens is 1. The van der Waals surface area contributed by atoms with Gasteiger partial charge in [0.05, 0.1) is 5.52 Å². The molecule has 0 spiro atoms. The maximum absolute atomic E-state index is 14.1. The molecule has 5 nitrogen and oxygen atoms in total. The van der Waals surface area contributed by atoms with Crippen molar-refractivity contribution in [2.45, 2.75) is 45.8 Å².